The monoisotopic (exact) mass is 499 g/mol. The Kier molecular flexibility index (Phi) is 6.37. The van der Waals surface area contributed by atoms with E-state index in [0.29, 0.717) is 35.9 Å². The Morgan fingerprint density at radius 1 is 0.889 bits per heavy atom. The molecular weight excluding hydrogens is 474 g/mol. The number of carbonyl (C=O) groups is 3. The largest absolute Gasteiger partial charge is 0.350 e. The van der Waals surface area contributed by atoms with E-state index in [0.717, 1.165) is 16.9 Å². The van der Waals surface area contributed by atoms with Crippen LogP contribution in [-0.4, -0.2) is 29.2 Å². The highest BCUT2D eigenvalue weighted by atomic mass is 35.5. The van der Waals surface area contributed by atoms with E-state index < -0.39 is 11.8 Å². The van der Waals surface area contributed by atoms with E-state index in [2.05, 4.69) is 31.3 Å². The van der Waals surface area contributed by atoms with Crippen LogP contribution < -0.4 is 10.2 Å². The number of nitrogens with one attached hydrogen (secondary N) is 1. The highest BCUT2D eigenvalue weighted by Crippen LogP contribution is 2.31. The average Bonchev–Trinajstić information content (AvgIpc) is 3.11. The average molecular weight is 500 g/mol. The Bertz CT molecular complexity index is 1380. The number of carbonyl (C=O) groups excluding carboxylic acids is 3. The molecule has 0 spiro atoms. The van der Waals surface area contributed by atoms with Crippen molar-refractivity contribution >= 4 is 40.7 Å². The van der Waals surface area contributed by atoms with Crippen LogP contribution in [0.2, 0.25) is 0 Å². The number of nitrogens with zero attached hydrogens (tertiary/aromatic N) is 2. The molecule has 3 amide bonds. The predicted octanol–water partition coefficient (Wildman–Crippen LogP) is 5.44. The van der Waals surface area contributed by atoms with Gasteiger partial charge in [-0.15, -0.1) is 0 Å². The van der Waals surface area contributed by atoms with Crippen molar-refractivity contribution in [3.05, 3.63) is 106 Å². The zero-order valence-electron chi connectivity index (χ0n) is 20.1. The lowest BCUT2D eigenvalue weighted by molar-refractivity contribution is -0.120. The van der Waals surface area contributed by atoms with Gasteiger partial charge in [-0.1, -0.05) is 61.8 Å². The van der Waals surface area contributed by atoms with E-state index in [1.54, 1.807) is 36.4 Å². The Morgan fingerprint density at radius 2 is 1.56 bits per heavy atom. The van der Waals surface area contributed by atoms with Crippen LogP contribution in [0, 0.1) is 0 Å². The van der Waals surface area contributed by atoms with E-state index in [9.17, 15) is 14.4 Å². The minimum atomic E-state index is -0.571. The van der Waals surface area contributed by atoms with Crippen molar-refractivity contribution in [2.24, 2.45) is 0 Å². The molecular formula is C29H26ClN3O3. The van der Waals surface area contributed by atoms with Crippen molar-refractivity contribution in [1.29, 1.82) is 0 Å². The third kappa shape index (κ3) is 4.40. The summed E-state index contributed by atoms with van der Waals surface area (Å²) >= 11 is 6.27. The summed E-state index contributed by atoms with van der Waals surface area (Å²) in [6.45, 7) is 5.41. The lowest BCUT2D eigenvalue weighted by Gasteiger charge is -2.29. The van der Waals surface area contributed by atoms with Crippen LogP contribution in [0.4, 0.5) is 11.4 Å². The molecule has 6 nitrogen and oxygen atoms in total. The molecule has 2 aliphatic rings. The molecule has 0 saturated carbocycles. The van der Waals surface area contributed by atoms with Crippen LogP contribution in [0.1, 0.15) is 46.8 Å². The zero-order valence-corrected chi connectivity index (χ0v) is 20.9. The lowest BCUT2D eigenvalue weighted by Crippen LogP contribution is -2.35. The SMILES string of the molecule is CC(C)c1ccc(N2C(=O)C(Cl)=C(Nc3ccc(C(=O)N4CCc5ccccc5C4)cc3)C2=O)cc1. The fourth-order valence-electron chi connectivity index (χ4n) is 4.55. The zero-order chi connectivity index (χ0) is 25.4. The van der Waals surface area contributed by atoms with Gasteiger partial charge in [-0.05, 0) is 65.4 Å². The van der Waals surface area contributed by atoms with Gasteiger partial charge in [0.2, 0.25) is 0 Å². The van der Waals surface area contributed by atoms with Crippen molar-refractivity contribution in [2.75, 3.05) is 16.8 Å². The van der Waals surface area contributed by atoms with E-state index in [-0.39, 0.29) is 16.6 Å². The molecule has 0 unspecified atom stereocenters. The van der Waals surface area contributed by atoms with Crippen LogP contribution in [-0.2, 0) is 22.6 Å². The number of imide groups is 1. The molecule has 3 aromatic carbocycles. The normalized spacial score (nSPS) is 15.6. The second kappa shape index (κ2) is 9.63. The first-order valence-corrected chi connectivity index (χ1v) is 12.3. The fourth-order valence-corrected chi connectivity index (χ4v) is 4.76. The number of halogens is 1. The van der Waals surface area contributed by atoms with Crippen LogP contribution >= 0.6 is 11.6 Å². The molecule has 0 aliphatic carbocycles. The smallest absolute Gasteiger partial charge is 0.283 e. The van der Waals surface area contributed by atoms with Gasteiger partial charge >= 0.3 is 0 Å². The molecule has 0 saturated heterocycles. The van der Waals surface area contributed by atoms with E-state index in [4.69, 9.17) is 11.6 Å². The molecule has 0 radical (unpaired) electrons. The van der Waals surface area contributed by atoms with Gasteiger partial charge in [0.15, 0.2) is 0 Å². The van der Waals surface area contributed by atoms with Crippen molar-refractivity contribution in [3.63, 3.8) is 0 Å². The molecule has 0 bridgehead atoms. The third-order valence-corrected chi connectivity index (χ3v) is 7.01. The number of fused-ring (bicyclic) bond motifs is 1. The minimum Gasteiger partial charge on any atom is -0.350 e. The van der Waals surface area contributed by atoms with Gasteiger partial charge < -0.3 is 10.2 Å². The predicted molar refractivity (Wildman–Crippen MR) is 141 cm³/mol. The van der Waals surface area contributed by atoms with E-state index in [1.807, 2.05) is 29.2 Å². The highest BCUT2D eigenvalue weighted by Gasteiger charge is 2.39. The number of rotatable bonds is 5. The van der Waals surface area contributed by atoms with Gasteiger partial charge in [0.05, 0.1) is 5.69 Å². The number of hydrogen-bond acceptors (Lipinski definition) is 4. The maximum absolute atomic E-state index is 13.1. The second-order valence-corrected chi connectivity index (χ2v) is 9.71. The Labute approximate surface area is 215 Å². The number of anilines is 2. The molecule has 0 aromatic heterocycles. The van der Waals surface area contributed by atoms with Crippen molar-refractivity contribution in [1.82, 2.24) is 4.90 Å². The summed E-state index contributed by atoms with van der Waals surface area (Å²) in [5.74, 6) is -0.798. The molecule has 36 heavy (non-hydrogen) atoms. The quantitative estimate of drug-likeness (QED) is 0.474. The highest BCUT2D eigenvalue weighted by molar-refractivity contribution is 6.53. The molecule has 0 fully saturated rings. The Balaban J connectivity index is 1.28. The molecule has 2 aliphatic heterocycles. The van der Waals surface area contributed by atoms with Gasteiger partial charge in [-0.25, -0.2) is 4.90 Å². The molecule has 5 rings (SSSR count). The summed E-state index contributed by atoms with van der Waals surface area (Å²) in [7, 11) is 0. The number of hydrogen-bond donors (Lipinski definition) is 1. The van der Waals surface area contributed by atoms with Gasteiger partial charge in [-0.2, -0.15) is 0 Å². The first-order chi connectivity index (χ1) is 17.3. The van der Waals surface area contributed by atoms with Crippen molar-refractivity contribution < 1.29 is 14.4 Å². The van der Waals surface area contributed by atoms with Gasteiger partial charge in [0.1, 0.15) is 10.7 Å². The number of benzene rings is 3. The summed E-state index contributed by atoms with van der Waals surface area (Å²) in [6.07, 6.45) is 0.834. The molecule has 1 N–H and O–H groups in total. The summed E-state index contributed by atoms with van der Waals surface area (Å²) < 4.78 is 0. The first kappa shape index (κ1) is 23.8. The summed E-state index contributed by atoms with van der Waals surface area (Å²) in [5, 5.41) is 2.80. The molecule has 3 aromatic rings. The Morgan fingerprint density at radius 3 is 2.22 bits per heavy atom. The lowest BCUT2D eigenvalue weighted by atomic mass is 9.99. The third-order valence-electron chi connectivity index (χ3n) is 6.66. The summed E-state index contributed by atoms with van der Waals surface area (Å²) in [6, 6.07) is 22.3. The maximum atomic E-state index is 13.1. The summed E-state index contributed by atoms with van der Waals surface area (Å²) in [4.78, 5) is 41.8. The van der Waals surface area contributed by atoms with Crippen molar-refractivity contribution in [3.8, 4) is 0 Å². The Hall–Kier alpha value is -3.90. The number of amides is 3. The molecule has 0 atom stereocenters. The van der Waals surface area contributed by atoms with E-state index >= 15 is 0 Å². The van der Waals surface area contributed by atoms with Crippen LogP contribution in [0.25, 0.3) is 0 Å². The van der Waals surface area contributed by atoms with Crippen LogP contribution in [0.15, 0.2) is 83.5 Å². The first-order valence-electron chi connectivity index (χ1n) is 11.9. The molecule has 7 heteroatoms. The van der Waals surface area contributed by atoms with Gasteiger partial charge in [0, 0.05) is 24.3 Å². The standard InChI is InChI=1S/C29H26ClN3O3/c1-18(2)19-9-13-24(14-10-19)33-28(35)25(30)26(29(33)36)31-23-11-7-21(8-12-23)27(34)32-16-15-20-5-3-4-6-22(20)17-32/h3-14,18,31H,15-17H2,1-2H3. The van der Waals surface area contributed by atoms with E-state index in [1.165, 1.54) is 11.1 Å². The molecule has 182 valence electrons. The fraction of sp³-hybridized carbons (Fsp3) is 0.207. The molecule has 2 heterocycles. The minimum absolute atomic E-state index is 0.0151. The van der Waals surface area contributed by atoms with Crippen LogP contribution in [0.5, 0.6) is 0 Å². The topological polar surface area (TPSA) is 69.7 Å². The van der Waals surface area contributed by atoms with Crippen molar-refractivity contribution in [2.45, 2.75) is 32.7 Å². The van der Waals surface area contributed by atoms with Gasteiger partial charge in [0.25, 0.3) is 17.7 Å². The summed E-state index contributed by atoms with van der Waals surface area (Å²) in [5.41, 5.74) is 5.16. The van der Waals surface area contributed by atoms with Gasteiger partial charge in [-0.3, -0.25) is 14.4 Å². The van der Waals surface area contributed by atoms with Crippen LogP contribution in [0.3, 0.4) is 0 Å². The second-order valence-electron chi connectivity index (χ2n) is 9.33. The maximum Gasteiger partial charge on any atom is 0.283 e.